The molecule has 0 bridgehead atoms. The zero-order valence-electron chi connectivity index (χ0n) is 6.76. The maximum atomic E-state index is 5.20. The van der Waals surface area contributed by atoms with Gasteiger partial charge < -0.3 is 5.32 Å². The molecule has 0 spiro atoms. The smallest absolute Gasteiger partial charge is 0.108 e. The number of nitrogens with one attached hydrogen (secondary N) is 1. The monoisotopic (exact) mass is 195 g/mol. The molecule has 3 heteroatoms. The van der Waals surface area contributed by atoms with Crippen molar-refractivity contribution in [3.05, 3.63) is 29.3 Å². The number of rotatable bonds is 0. The third-order valence-electron chi connectivity index (χ3n) is 1.84. The van der Waals surface area contributed by atoms with E-state index >= 15 is 0 Å². The Balaban J connectivity index is 2.54. The molecule has 1 aromatic carbocycles. The number of hydrogen-bond acceptors (Lipinski definition) is 2. The van der Waals surface area contributed by atoms with E-state index < -0.39 is 0 Å². The summed E-state index contributed by atoms with van der Waals surface area (Å²) in [4.78, 5) is 2.18. The molecule has 0 unspecified atom stereocenters. The van der Waals surface area contributed by atoms with Crippen molar-refractivity contribution in [2.45, 2.75) is 11.8 Å². The van der Waals surface area contributed by atoms with Crippen LogP contribution in [0.1, 0.15) is 11.1 Å². The average Bonchev–Trinajstić information content (AvgIpc) is 2.07. The van der Waals surface area contributed by atoms with Crippen molar-refractivity contribution >= 4 is 29.0 Å². The van der Waals surface area contributed by atoms with Gasteiger partial charge in [0.1, 0.15) is 4.99 Å². The lowest BCUT2D eigenvalue weighted by Crippen LogP contribution is -2.26. The van der Waals surface area contributed by atoms with E-state index in [2.05, 4.69) is 30.4 Å². The molecular formula is C9H9NS2. The molecule has 1 N–H and O–H groups in total. The van der Waals surface area contributed by atoms with Crippen LogP contribution >= 0.6 is 24.0 Å². The van der Waals surface area contributed by atoms with Crippen LogP contribution in [-0.4, -0.2) is 10.9 Å². The predicted molar refractivity (Wildman–Crippen MR) is 56.7 cm³/mol. The van der Waals surface area contributed by atoms with Gasteiger partial charge in [-0.15, -0.1) is 11.8 Å². The van der Waals surface area contributed by atoms with Crippen LogP contribution in [-0.2, 0) is 0 Å². The highest BCUT2D eigenvalue weighted by Gasteiger charge is 2.12. The molecule has 0 aromatic heterocycles. The topological polar surface area (TPSA) is 12.0 Å². The van der Waals surface area contributed by atoms with Gasteiger partial charge in [0.05, 0.1) is 5.88 Å². The van der Waals surface area contributed by atoms with Crippen molar-refractivity contribution in [1.82, 2.24) is 5.32 Å². The number of thiocarbonyl (C=S) groups is 1. The largest absolute Gasteiger partial charge is 0.366 e. The summed E-state index contributed by atoms with van der Waals surface area (Å²) >= 11 is 7.00. The Kier molecular flexibility index (Phi) is 2.07. The van der Waals surface area contributed by atoms with Gasteiger partial charge in [0.15, 0.2) is 0 Å². The van der Waals surface area contributed by atoms with Crippen LogP contribution in [0.15, 0.2) is 23.1 Å². The normalized spacial score (nSPS) is 15.2. The highest BCUT2D eigenvalue weighted by Crippen LogP contribution is 2.26. The standard InChI is InChI=1S/C9H9NS2/c1-6-2-3-8-7(4-6)9(11)10-5-12-8/h2-4H,5H2,1H3,(H,10,11). The summed E-state index contributed by atoms with van der Waals surface area (Å²) in [6, 6.07) is 6.40. The van der Waals surface area contributed by atoms with Crippen molar-refractivity contribution in [3.8, 4) is 0 Å². The van der Waals surface area contributed by atoms with Crippen molar-refractivity contribution in [3.63, 3.8) is 0 Å². The number of benzene rings is 1. The van der Waals surface area contributed by atoms with Crippen molar-refractivity contribution in [1.29, 1.82) is 0 Å². The zero-order valence-corrected chi connectivity index (χ0v) is 8.39. The summed E-state index contributed by atoms with van der Waals surface area (Å²) < 4.78 is 0. The summed E-state index contributed by atoms with van der Waals surface area (Å²) in [6.07, 6.45) is 0. The maximum Gasteiger partial charge on any atom is 0.108 e. The first kappa shape index (κ1) is 8.08. The SMILES string of the molecule is Cc1ccc2c(c1)C(=S)NCS2. The first-order valence-electron chi connectivity index (χ1n) is 3.79. The van der Waals surface area contributed by atoms with E-state index in [1.165, 1.54) is 16.0 Å². The number of hydrogen-bond donors (Lipinski definition) is 1. The maximum absolute atomic E-state index is 5.20. The minimum Gasteiger partial charge on any atom is -0.366 e. The van der Waals surface area contributed by atoms with Gasteiger partial charge in [0.2, 0.25) is 0 Å². The van der Waals surface area contributed by atoms with Crippen molar-refractivity contribution in [2.75, 3.05) is 5.88 Å². The van der Waals surface area contributed by atoms with E-state index in [1.807, 2.05) is 0 Å². The first-order chi connectivity index (χ1) is 5.77. The van der Waals surface area contributed by atoms with Crippen LogP contribution in [0.3, 0.4) is 0 Å². The van der Waals surface area contributed by atoms with Gasteiger partial charge in [0, 0.05) is 10.5 Å². The fraction of sp³-hybridized carbons (Fsp3) is 0.222. The second kappa shape index (κ2) is 3.07. The van der Waals surface area contributed by atoms with Crippen LogP contribution in [0.4, 0.5) is 0 Å². The highest BCUT2D eigenvalue weighted by molar-refractivity contribution is 7.99. The Morgan fingerprint density at radius 1 is 1.50 bits per heavy atom. The molecule has 0 aliphatic carbocycles. The summed E-state index contributed by atoms with van der Waals surface area (Å²) in [7, 11) is 0. The van der Waals surface area contributed by atoms with Crippen LogP contribution in [0.2, 0.25) is 0 Å². The van der Waals surface area contributed by atoms with Crippen molar-refractivity contribution < 1.29 is 0 Å². The fourth-order valence-electron chi connectivity index (χ4n) is 1.22. The molecular weight excluding hydrogens is 186 g/mol. The predicted octanol–water partition coefficient (Wildman–Crippen LogP) is 2.32. The van der Waals surface area contributed by atoms with Crippen LogP contribution < -0.4 is 5.32 Å². The van der Waals surface area contributed by atoms with Gasteiger partial charge in [-0.3, -0.25) is 0 Å². The average molecular weight is 195 g/mol. The lowest BCUT2D eigenvalue weighted by molar-refractivity contribution is 1.11. The van der Waals surface area contributed by atoms with Gasteiger partial charge in [-0.25, -0.2) is 0 Å². The second-order valence-electron chi connectivity index (χ2n) is 2.79. The quantitative estimate of drug-likeness (QED) is 0.638. The second-order valence-corrected chi connectivity index (χ2v) is 4.22. The molecule has 0 fully saturated rings. The molecule has 0 radical (unpaired) electrons. The molecule has 62 valence electrons. The molecule has 12 heavy (non-hydrogen) atoms. The summed E-state index contributed by atoms with van der Waals surface area (Å²) in [6.45, 7) is 2.09. The van der Waals surface area contributed by atoms with E-state index in [9.17, 15) is 0 Å². The van der Waals surface area contributed by atoms with Crippen LogP contribution in [0.5, 0.6) is 0 Å². The number of aryl methyl sites for hydroxylation is 1. The minimum absolute atomic E-state index is 0.882. The van der Waals surface area contributed by atoms with E-state index in [0.29, 0.717) is 0 Å². The van der Waals surface area contributed by atoms with Crippen molar-refractivity contribution in [2.24, 2.45) is 0 Å². The Labute approximate surface area is 81.6 Å². The summed E-state index contributed by atoms with van der Waals surface area (Å²) in [5.74, 6) is 0.898. The molecule has 0 amide bonds. The molecule has 0 atom stereocenters. The van der Waals surface area contributed by atoms with E-state index in [-0.39, 0.29) is 0 Å². The van der Waals surface area contributed by atoms with E-state index in [4.69, 9.17) is 12.2 Å². The third kappa shape index (κ3) is 1.34. The number of thioether (sulfide) groups is 1. The van der Waals surface area contributed by atoms with Gasteiger partial charge in [0.25, 0.3) is 0 Å². The van der Waals surface area contributed by atoms with Gasteiger partial charge in [-0.2, -0.15) is 0 Å². The lowest BCUT2D eigenvalue weighted by atomic mass is 10.1. The van der Waals surface area contributed by atoms with Gasteiger partial charge in [-0.05, 0) is 19.1 Å². The fourth-order valence-corrected chi connectivity index (χ4v) is 2.47. The molecule has 1 nitrogen and oxygen atoms in total. The minimum atomic E-state index is 0.882. The molecule has 2 rings (SSSR count). The molecule has 1 aromatic rings. The molecule has 1 heterocycles. The van der Waals surface area contributed by atoms with Crippen LogP contribution in [0.25, 0.3) is 0 Å². The van der Waals surface area contributed by atoms with Gasteiger partial charge >= 0.3 is 0 Å². The van der Waals surface area contributed by atoms with E-state index in [0.717, 1.165) is 10.9 Å². The Hall–Kier alpha value is -0.540. The molecule has 0 saturated carbocycles. The molecule has 1 aliphatic rings. The number of fused-ring (bicyclic) bond motifs is 1. The molecule has 0 saturated heterocycles. The molecule has 1 aliphatic heterocycles. The Morgan fingerprint density at radius 3 is 3.17 bits per heavy atom. The van der Waals surface area contributed by atoms with Crippen LogP contribution in [0, 0.1) is 6.92 Å². The Morgan fingerprint density at radius 2 is 2.33 bits per heavy atom. The van der Waals surface area contributed by atoms with Gasteiger partial charge in [-0.1, -0.05) is 23.8 Å². The third-order valence-corrected chi connectivity index (χ3v) is 3.16. The zero-order chi connectivity index (χ0) is 8.55. The lowest BCUT2D eigenvalue weighted by Gasteiger charge is -2.18. The highest BCUT2D eigenvalue weighted by atomic mass is 32.2. The van der Waals surface area contributed by atoms with E-state index in [1.54, 1.807) is 11.8 Å². The summed E-state index contributed by atoms with van der Waals surface area (Å²) in [5.41, 5.74) is 2.45. The first-order valence-corrected chi connectivity index (χ1v) is 5.18. The summed E-state index contributed by atoms with van der Waals surface area (Å²) in [5, 5.41) is 3.16. The Bertz CT molecular complexity index is 333.